The summed E-state index contributed by atoms with van der Waals surface area (Å²) in [6.45, 7) is 0. The van der Waals surface area contributed by atoms with Crippen LogP contribution in [0, 0.1) is 0 Å². The summed E-state index contributed by atoms with van der Waals surface area (Å²) < 4.78 is 0. The summed E-state index contributed by atoms with van der Waals surface area (Å²) in [6, 6.07) is 19.8. The Kier molecular flexibility index (Phi) is 6.86. The molecule has 0 fully saturated rings. The van der Waals surface area contributed by atoms with Crippen molar-refractivity contribution in [3.05, 3.63) is 73.1 Å². The van der Waals surface area contributed by atoms with E-state index in [1.807, 2.05) is 60.7 Å². The topological polar surface area (TPSA) is 25.8 Å². The van der Waals surface area contributed by atoms with Gasteiger partial charge in [0.1, 0.15) is 0 Å². The van der Waals surface area contributed by atoms with Gasteiger partial charge in [-0.3, -0.25) is 9.97 Å². The molecule has 0 radical (unpaired) electrons. The SMILES string of the molecule is Sc1cccc2cccnc12.Sc1cccc2cccnc12.[Cd]. The van der Waals surface area contributed by atoms with Crippen LogP contribution in [0.3, 0.4) is 0 Å². The Morgan fingerprint density at radius 2 is 0.957 bits per heavy atom. The minimum absolute atomic E-state index is 0. The van der Waals surface area contributed by atoms with Crippen molar-refractivity contribution in [1.82, 2.24) is 9.97 Å². The number of hydrogen-bond acceptors (Lipinski definition) is 4. The van der Waals surface area contributed by atoms with Gasteiger partial charge in [-0.2, -0.15) is 0 Å². The summed E-state index contributed by atoms with van der Waals surface area (Å²) in [5.74, 6) is 0. The summed E-state index contributed by atoms with van der Waals surface area (Å²) >= 11 is 8.58. The van der Waals surface area contributed by atoms with Crippen molar-refractivity contribution in [2.24, 2.45) is 0 Å². The van der Waals surface area contributed by atoms with E-state index in [0.29, 0.717) is 0 Å². The molecule has 0 spiro atoms. The predicted molar refractivity (Wildman–Crippen MR) is 98.0 cm³/mol. The van der Waals surface area contributed by atoms with E-state index < -0.39 is 0 Å². The maximum atomic E-state index is 4.29. The number of fused-ring (bicyclic) bond motifs is 2. The number of pyridine rings is 2. The van der Waals surface area contributed by atoms with Gasteiger partial charge in [-0.25, -0.2) is 0 Å². The molecule has 2 heterocycles. The van der Waals surface area contributed by atoms with Gasteiger partial charge in [0.25, 0.3) is 0 Å². The van der Waals surface area contributed by atoms with Crippen LogP contribution in [-0.4, -0.2) is 9.97 Å². The number of nitrogens with zero attached hydrogens (tertiary/aromatic N) is 2. The van der Waals surface area contributed by atoms with Crippen LogP contribution in [0.25, 0.3) is 21.8 Å². The van der Waals surface area contributed by atoms with Crippen LogP contribution in [0.1, 0.15) is 0 Å². The van der Waals surface area contributed by atoms with Gasteiger partial charge < -0.3 is 0 Å². The molecule has 23 heavy (non-hydrogen) atoms. The molecule has 4 rings (SSSR count). The molecule has 5 heteroatoms. The number of rotatable bonds is 0. The molecule has 0 aliphatic carbocycles. The Morgan fingerprint density at radius 1 is 0.565 bits per heavy atom. The minimum atomic E-state index is 0. The maximum absolute atomic E-state index is 4.29. The average molecular weight is 435 g/mol. The summed E-state index contributed by atoms with van der Waals surface area (Å²) in [5, 5.41) is 2.28. The van der Waals surface area contributed by atoms with Gasteiger partial charge in [0, 0.05) is 60.3 Å². The van der Waals surface area contributed by atoms with Gasteiger partial charge in [-0.15, -0.1) is 25.3 Å². The largest absolute Gasteiger partial charge is 0.255 e. The second-order valence-corrected chi connectivity index (χ2v) is 5.67. The van der Waals surface area contributed by atoms with Gasteiger partial charge in [0.2, 0.25) is 0 Å². The minimum Gasteiger partial charge on any atom is -0.255 e. The second-order valence-electron chi connectivity index (χ2n) is 4.70. The summed E-state index contributed by atoms with van der Waals surface area (Å²) in [5.41, 5.74) is 1.94. The van der Waals surface area contributed by atoms with Crippen LogP contribution < -0.4 is 0 Å². The second kappa shape index (κ2) is 8.66. The molecule has 0 amide bonds. The van der Waals surface area contributed by atoms with Gasteiger partial charge >= 0.3 is 0 Å². The van der Waals surface area contributed by atoms with Crippen LogP contribution in [-0.2, 0) is 27.3 Å². The predicted octanol–water partition coefficient (Wildman–Crippen LogP) is 5.04. The van der Waals surface area contributed by atoms with Crippen molar-refractivity contribution in [3.8, 4) is 0 Å². The van der Waals surface area contributed by atoms with E-state index in [9.17, 15) is 0 Å². The van der Waals surface area contributed by atoms with E-state index in [1.165, 1.54) is 0 Å². The van der Waals surface area contributed by atoms with E-state index >= 15 is 0 Å². The normalized spacial score (nSPS) is 9.83. The van der Waals surface area contributed by atoms with Gasteiger partial charge in [-0.05, 0) is 24.3 Å². The average Bonchev–Trinajstić information content (AvgIpc) is 2.57. The van der Waals surface area contributed by atoms with Crippen LogP contribution in [0.5, 0.6) is 0 Å². The van der Waals surface area contributed by atoms with Gasteiger partial charge in [0.15, 0.2) is 0 Å². The summed E-state index contributed by atoms with van der Waals surface area (Å²) in [4.78, 5) is 10.3. The molecule has 4 aromatic rings. The first kappa shape index (κ1) is 18.2. The van der Waals surface area contributed by atoms with Crippen LogP contribution in [0.4, 0.5) is 0 Å². The number of aromatic nitrogens is 2. The number of thiol groups is 2. The van der Waals surface area contributed by atoms with E-state index in [0.717, 1.165) is 31.6 Å². The molecule has 0 bridgehead atoms. The van der Waals surface area contributed by atoms with Crippen molar-refractivity contribution >= 4 is 47.1 Å². The summed E-state index contributed by atoms with van der Waals surface area (Å²) in [7, 11) is 0. The molecule has 0 saturated heterocycles. The first-order chi connectivity index (χ1) is 10.8. The van der Waals surface area contributed by atoms with E-state index in [4.69, 9.17) is 0 Å². The van der Waals surface area contributed by atoms with Gasteiger partial charge in [0.05, 0.1) is 11.0 Å². The van der Waals surface area contributed by atoms with Crippen molar-refractivity contribution in [1.29, 1.82) is 0 Å². The molecule has 0 aliphatic heterocycles. The van der Waals surface area contributed by atoms with E-state index in [1.54, 1.807) is 12.4 Å². The molecule has 110 valence electrons. The molecular formula is C18H14CdN2S2. The van der Waals surface area contributed by atoms with E-state index in [2.05, 4.69) is 35.2 Å². The van der Waals surface area contributed by atoms with Crippen LogP contribution in [0.15, 0.2) is 82.8 Å². The first-order valence-electron chi connectivity index (χ1n) is 6.81. The van der Waals surface area contributed by atoms with Crippen molar-refractivity contribution in [2.45, 2.75) is 9.79 Å². The van der Waals surface area contributed by atoms with Crippen LogP contribution >= 0.6 is 25.3 Å². The van der Waals surface area contributed by atoms with Gasteiger partial charge in [-0.1, -0.05) is 36.4 Å². The third-order valence-electron chi connectivity index (χ3n) is 3.22. The fourth-order valence-electron chi connectivity index (χ4n) is 2.18. The number of benzene rings is 2. The fourth-order valence-corrected chi connectivity index (χ4v) is 2.72. The fraction of sp³-hybridized carbons (Fsp3) is 0. The zero-order chi connectivity index (χ0) is 15.4. The van der Waals surface area contributed by atoms with Crippen molar-refractivity contribution < 1.29 is 27.3 Å². The Balaban J connectivity index is 0.000000160. The molecule has 2 aromatic heterocycles. The molecular weight excluding hydrogens is 421 g/mol. The Hall–Kier alpha value is -1.12. The Labute approximate surface area is 166 Å². The van der Waals surface area contributed by atoms with Crippen LogP contribution in [0.2, 0.25) is 0 Å². The number of para-hydroxylation sites is 2. The molecule has 2 nitrogen and oxygen atoms in total. The Bertz CT molecular complexity index is 841. The standard InChI is InChI=1S/2C9H7NS.Cd/c2*11-8-5-1-3-7-4-2-6-10-9(7)8;/h2*1-6,11H;. The van der Waals surface area contributed by atoms with Crippen molar-refractivity contribution in [2.75, 3.05) is 0 Å². The summed E-state index contributed by atoms with van der Waals surface area (Å²) in [6.07, 6.45) is 3.56. The zero-order valence-electron chi connectivity index (χ0n) is 12.4. The smallest absolute Gasteiger partial charge is 0.0835 e. The molecule has 0 unspecified atom stereocenters. The zero-order valence-corrected chi connectivity index (χ0v) is 18.2. The molecule has 0 atom stereocenters. The Morgan fingerprint density at radius 3 is 1.35 bits per heavy atom. The maximum Gasteiger partial charge on any atom is 0.0835 e. The molecule has 0 saturated carbocycles. The first-order valence-corrected chi connectivity index (χ1v) is 7.70. The molecule has 0 N–H and O–H groups in total. The third-order valence-corrected chi connectivity index (χ3v) is 3.94. The number of hydrogen-bond donors (Lipinski definition) is 2. The molecule has 0 aliphatic rings. The monoisotopic (exact) mass is 436 g/mol. The third kappa shape index (κ3) is 4.45. The quantitative estimate of drug-likeness (QED) is 0.299. The molecule has 2 aromatic carbocycles. The van der Waals surface area contributed by atoms with E-state index in [-0.39, 0.29) is 27.3 Å². The van der Waals surface area contributed by atoms with Crippen molar-refractivity contribution in [3.63, 3.8) is 0 Å².